The average molecular weight is 421 g/mol. The molecule has 4 rings (SSSR count). The Morgan fingerprint density at radius 3 is 2.47 bits per heavy atom. The lowest BCUT2D eigenvalue weighted by Crippen LogP contribution is -2.17. The Bertz CT molecular complexity index is 1290. The lowest BCUT2D eigenvalue weighted by Gasteiger charge is -2.12. The first-order valence-corrected chi connectivity index (χ1v) is 9.81. The largest absolute Gasteiger partial charge is 0.497 e. The summed E-state index contributed by atoms with van der Waals surface area (Å²) < 4.78 is 6.65. The summed E-state index contributed by atoms with van der Waals surface area (Å²) in [6.45, 7) is 0. The molecular weight excluding hydrogens is 402 g/mol. The van der Waals surface area contributed by atoms with E-state index >= 15 is 0 Å². The maximum absolute atomic E-state index is 13.4. The summed E-state index contributed by atoms with van der Waals surface area (Å²) in [4.78, 5) is 17.7. The van der Waals surface area contributed by atoms with Gasteiger partial charge in [0, 0.05) is 11.8 Å². The normalized spacial score (nSPS) is 10.9. The number of aromatic nitrogens is 3. The number of hydrogen-bond donors (Lipinski definition) is 1. The van der Waals surface area contributed by atoms with Crippen LogP contribution < -0.4 is 10.1 Å². The molecule has 32 heavy (non-hydrogen) atoms. The van der Waals surface area contributed by atoms with E-state index in [2.05, 4.69) is 21.5 Å². The molecule has 0 aliphatic carbocycles. The molecule has 0 atom stereocenters. The number of amides is 1. The third-order valence-electron chi connectivity index (χ3n) is 4.74. The van der Waals surface area contributed by atoms with Crippen LogP contribution in [0.4, 0.5) is 5.82 Å². The molecule has 2 heterocycles. The van der Waals surface area contributed by atoms with Gasteiger partial charge in [-0.15, -0.1) is 0 Å². The fourth-order valence-corrected chi connectivity index (χ4v) is 3.14. The van der Waals surface area contributed by atoms with Crippen molar-refractivity contribution < 1.29 is 9.53 Å². The highest BCUT2D eigenvalue weighted by Gasteiger charge is 2.19. The van der Waals surface area contributed by atoms with Gasteiger partial charge in [-0.1, -0.05) is 48.5 Å². The molecule has 0 saturated carbocycles. The molecule has 0 unspecified atom stereocenters. The summed E-state index contributed by atoms with van der Waals surface area (Å²) in [6.07, 6.45) is 4.81. The van der Waals surface area contributed by atoms with E-state index in [1.807, 2.05) is 54.6 Å². The number of pyridine rings is 1. The standard InChI is InChI=1S/C25H19N5O2/c1-32-21-12-10-18(11-13-21)15-22(19-7-3-2-4-8-19)25(31)29-24-20(16-26)17-28-30(24)23-9-5-6-14-27-23/h2-15,17H,1H3,(H,29,31)/b22-15+. The predicted octanol–water partition coefficient (Wildman–Crippen LogP) is 4.33. The van der Waals surface area contributed by atoms with Crippen molar-refractivity contribution in [3.05, 3.63) is 102 Å². The van der Waals surface area contributed by atoms with Crippen LogP contribution in [0.15, 0.2) is 85.2 Å². The fraction of sp³-hybridized carbons (Fsp3) is 0.0400. The maximum Gasteiger partial charge on any atom is 0.257 e. The van der Waals surface area contributed by atoms with E-state index in [-0.39, 0.29) is 17.3 Å². The summed E-state index contributed by atoms with van der Waals surface area (Å²) in [7, 11) is 1.60. The summed E-state index contributed by atoms with van der Waals surface area (Å²) in [5, 5.41) is 16.6. The van der Waals surface area contributed by atoms with Crippen molar-refractivity contribution >= 4 is 23.4 Å². The number of nitriles is 1. The van der Waals surface area contributed by atoms with Gasteiger partial charge in [0.25, 0.3) is 5.91 Å². The molecule has 0 spiro atoms. The molecule has 7 nitrogen and oxygen atoms in total. The Hall–Kier alpha value is -4.70. The van der Waals surface area contributed by atoms with Crippen molar-refractivity contribution in [2.75, 3.05) is 12.4 Å². The van der Waals surface area contributed by atoms with Gasteiger partial charge in [0.1, 0.15) is 17.4 Å². The van der Waals surface area contributed by atoms with Crippen LogP contribution in [0, 0.1) is 11.3 Å². The van der Waals surface area contributed by atoms with Crippen LogP contribution >= 0.6 is 0 Å². The molecular formula is C25H19N5O2. The molecule has 0 radical (unpaired) electrons. The number of anilines is 1. The van der Waals surface area contributed by atoms with Crippen LogP contribution in [0.3, 0.4) is 0 Å². The minimum absolute atomic E-state index is 0.237. The Balaban J connectivity index is 1.74. The molecule has 7 heteroatoms. The first kappa shape index (κ1) is 20.6. The van der Waals surface area contributed by atoms with Gasteiger partial charge in [-0.3, -0.25) is 4.79 Å². The van der Waals surface area contributed by atoms with Crippen LogP contribution in [0.5, 0.6) is 5.75 Å². The molecule has 0 aliphatic heterocycles. The van der Waals surface area contributed by atoms with Crippen LogP contribution in [0.2, 0.25) is 0 Å². The van der Waals surface area contributed by atoms with Crippen molar-refractivity contribution in [2.45, 2.75) is 0 Å². The van der Waals surface area contributed by atoms with Crippen LogP contribution in [0.1, 0.15) is 16.7 Å². The number of carbonyl (C=O) groups excluding carboxylic acids is 1. The summed E-state index contributed by atoms with van der Waals surface area (Å²) in [6, 6.07) is 24.1. The molecule has 0 bridgehead atoms. The first-order chi connectivity index (χ1) is 15.7. The van der Waals surface area contributed by atoms with Crippen molar-refractivity contribution in [3.8, 4) is 17.6 Å². The molecule has 4 aromatic rings. The van der Waals surface area contributed by atoms with Gasteiger partial charge in [0.15, 0.2) is 11.6 Å². The van der Waals surface area contributed by atoms with Crippen LogP contribution in [-0.4, -0.2) is 27.8 Å². The van der Waals surface area contributed by atoms with Gasteiger partial charge in [-0.25, -0.2) is 4.98 Å². The smallest absolute Gasteiger partial charge is 0.257 e. The molecule has 2 aromatic heterocycles. The highest BCUT2D eigenvalue weighted by Crippen LogP contribution is 2.24. The Morgan fingerprint density at radius 2 is 1.81 bits per heavy atom. The monoisotopic (exact) mass is 421 g/mol. The van der Waals surface area contributed by atoms with Gasteiger partial charge in [-0.05, 0) is 41.5 Å². The van der Waals surface area contributed by atoms with Crippen molar-refractivity contribution in [1.29, 1.82) is 5.26 Å². The molecule has 0 fully saturated rings. The number of carbonyl (C=O) groups is 1. The molecule has 1 N–H and O–H groups in total. The predicted molar refractivity (Wildman–Crippen MR) is 122 cm³/mol. The van der Waals surface area contributed by atoms with Gasteiger partial charge in [0.05, 0.1) is 13.3 Å². The molecule has 0 aliphatic rings. The zero-order chi connectivity index (χ0) is 22.3. The number of hydrogen-bond acceptors (Lipinski definition) is 5. The zero-order valence-electron chi connectivity index (χ0n) is 17.3. The summed E-state index contributed by atoms with van der Waals surface area (Å²) in [5.74, 6) is 1.10. The number of methoxy groups -OCH3 is 1. The lowest BCUT2D eigenvalue weighted by atomic mass is 10.0. The lowest BCUT2D eigenvalue weighted by molar-refractivity contribution is -0.111. The number of nitrogens with one attached hydrogen (secondary N) is 1. The van der Waals surface area contributed by atoms with Crippen molar-refractivity contribution in [2.24, 2.45) is 0 Å². The van der Waals surface area contributed by atoms with Gasteiger partial charge < -0.3 is 10.1 Å². The van der Waals surface area contributed by atoms with E-state index in [4.69, 9.17) is 4.74 Å². The molecule has 0 saturated heterocycles. The van der Waals surface area contributed by atoms with Gasteiger partial charge >= 0.3 is 0 Å². The van der Waals surface area contributed by atoms with Crippen molar-refractivity contribution in [1.82, 2.24) is 14.8 Å². The SMILES string of the molecule is COc1ccc(/C=C(/C(=O)Nc2c(C#N)cnn2-c2ccccn2)c2ccccc2)cc1. The quantitative estimate of drug-likeness (QED) is 0.370. The minimum atomic E-state index is -0.374. The van der Waals surface area contributed by atoms with Crippen molar-refractivity contribution in [3.63, 3.8) is 0 Å². The highest BCUT2D eigenvalue weighted by molar-refractivity contribution is 6.29. The number of rotatable bonds is 6. The molecule has 156 valence electrons. The van der Waals surface area contributed by atoms with Gasteiger partial charge in [0.2, 0.25) is 0 Å². The van der Waals surface area contributed by atoms with E-state index in [0.29, 0.717) is 11.4 Å². The Kier molecular flexibility index (Phi) is 6.05. The van der Waals surface area contributed by atoms with Crippen LogP contribution in [-0.2, 0) is 4.79 Å². The number of benzene rings is 2. The van der Waals surface area contributed by atoms with E-state index in [1.54, 1.807) is 37.6 Å². The summed E-state index contributed by atoms with van der Waals surface area (Å²) in [5.41, 5.74) is 2.25. The second-order valence-corrected chi connectivity index (χ2v) is 6.77. The van der Waals surface area contributed by atoms with Crippen LogP contribution in [0.25, 0.3) is 17.5 Å². The first-order valence-electron chi connectivity index (χ1n) is 9.81. The van der Waals surface area contributed by atoms with Gasteiger partial charge in [-0.2, -0.15) is 15.0 Å². The second-order valence-electron chi connectivity index (χ2n) is 6.77. The number of ether oxygens (including phenoxy) is 1. The summed E-state index contributed by atoms with van der Waals surface area (Å²) >= 11 is 0. The Labute approximate surface area is 185 Å². The third-order valence-corrected chi connectivity index (χ3v) is 4.74. The minimum Gasteiger partial charge on any atom is -0.497 e. The highest BCUT2D eigenvalue weighted by atomic mass is 16.5. The third kappa shape index (κ3) is 4.40. The zero-order valence-corrected chi connectivity index (χ0v) is 17.3. The van der Waals surface area contributed by atoms with E-state index in [1.165, 1.54) is 10.9 Å². The van der Waals surface area contributed by atoms with E-state index in [0.717, 1.165) is 16.9 Å². The number of nitrogens with zero attached hydrogens (tertiary/aromatic N) is 4. The molecule has 1 amide bonds. The maximum atomic E-state index is 13.4. The molecule has 2 aromatic carbocycles. The van der Waals surface area contributed by atoms with E-state index in [9.17, 15) is 10.1 Å². The topological polar surface area (TPSA) is 92.8 Å². The Morgan fingerprint density at radius 1 is 1.06 bits per heavy atom. The average Bonchev–Trinajstić information content (AvgIpc) is 3.26. The second kappa shape index (κ2) is 9.41. The van der Waals surface area contributed by atoms with E-state index < -0.39 is 0 Å². The fourth-order valence-electron chi connectivity index (χ4n) is 3.14.